The predicted octanol–water partition coefficient (Wildman–Crippen LogP) is 2.46. The Morgan fingerprint density at radius 2 is 1.60 bits per heavy atom. The van der Waals surface area contributed by atoms with Crippen LogP contribution in [0.25, 0.3) is 0 Å². The van der Waals surface area contributed by atoms with Gasteiger partial charge in [-0.3, -0.25) is 0 Å². The molecule has 0 amide bonds. The lowest BCUT2D eigenvalue weighted by molar-refractivity contribution is 0.0200. The van der Waals surface area contributed by atoms with Gasteiger partial charge in [-0.1, -0.05) is 27.7 Å². The molecule has 1 aliphatic rings. The van der Waals surface area contributed by atoms with E-state index in [2.05, 4.69) is 27.7 Å². The molecule has 6 nitrogen and oxygen atoms in total. The van der Waals surface area contributed by atoms with E-state index in [0.717, 1.165) is 32.1 Å². The fourth-order valence-corrected chi connectivity index (χ4v) is 4.54. The van der Waals surface area contributed by atoms with Gasteiger partial charge in [0, 0.05) is 32.8 Å². The zero-order valence-corrected chi connectivity index (χ0v) is 17.4. The van der Waals surface area contributed by atoms with Crippen molar-refractivity contribution in [3.8, 4) is 0 Å². The number of rotatable bonds is 12. The molecule has 1 fully saturated rings. The smallest absolute Gasteiger partial charge is 0.281 e. The molecule has 0 radical (unpaired) electrons. The molecule has 1 aliphatic heterocycles. The van der Waals surface area contributed by atoms with Gasteiger partial charge in [-0.2, -0.15) is 17.0 Å². The Hall–Kier alpha value is -0.210. The molecule has 0 aliphatic carbocycles. The van der Waals surface area contributed by atoms with E-state index >= 15 is 0 Å². The van der Waals surface area contributed by atoms with E-state index in [1.807, 2.05) is 0 Å². The third-order valence-electron chi connectivity index (χ3n) is 4.67. The highest BCUT2D eigenvalue weighted by atomic mass is 32.2. The first kappa shape index (κ1) is 22.8. The van der Waals surface area contributed by atoms with E-state index in [-0.39, 0.29) is 6.10 Å². The zero-order valence-electron chi connectivity index (χ0n) is 16.6. The van der Waals surface area contributed by atoms with Gasteiger partial charge in [0.2, 0.25) is 0 Å². The summed E-state index contributed by atoms with van der Waals surface area (Å²) in [5.74, 6) is 0.997. The van der Waals surface area contributed by atoms with E-state index in [9.17, 15) is 8.42 Å². The second-order valence-electron chi connectivity index (χ2n) is 7.88. The summed E-state index contributed by atoms with van der Waals surface area (Å²) in [6, 6.07) is 0. The van der Waals surface area contributed by atoms with Gasteiger partial charge in [0.15, 0.2) is 0 Å². The molecule has 0 spiro atoms. The first-order chi connectivity index (χ1) is 11.8. The van der Waals surface area contributed by atoms with E-state index in [4.69, 9.17) is 10.5 Å². The summed E-state index contributed by atoms with van der Waals surface area (Å²) in [4.78, 5) is 0. The molecule has 1 saturated heterocycles. The van der Waals surface area contributed by atoms with Crippen molar-refractivity contribution in [2.24, 2.45) is 17.6 Å². The van der Waals surface area contributed by atoms with Crippen LogP contribution in [0, 0.1) is 11.8 Å². The average molecular weight is 378 g/mol. The molecule has 0 unspecified atom stereocenters. The first-order valence-electron chi connectivity index (χ1n) is 9.84. The molecule has 0 bridgehead atoms. The first-order valence-corrected chi connectivity index (χ1v) is 11.2. The fraction of sp³-hybridized carbons (Fsp3) is 1.00. The zero-order chi connectivity index (χ0) is 18.9. The normalized spacial score (nSPS) is 17.9. The highest BCUT2D eigenvalue weighted by Crippen LogP contribution is 2.21. The highest BCUT2D eigenvalue weighted by molar-refractivity contribution is 7.86. The second kappa shape index (κ2) is 11.5. The Kier molecular flexibility index (Phi) is 10.5. The SMILES string of the molecule is CC(C)CCN(CCC(C)C)S(=O)(=O)N1CCC(OCCCN)CC1. The molecule has 0 saturated carbocycles. The molecule has 25 heavy (non-hydrogen) atoms. The summed E-state index contributed by atoms with van der Waals surface area (Å²) in [5, 5.41) is 0. The summed E-state index contributed by atoms with van der Waals surface area (Å²) in [6.07, 6.45) is 4.36. The van der Waals surface area contributed by atoms with Crippen LogP contribution in [0.5, 0.6) is 0 Å². The number of hydrogen-bond donors (Lipinski definition) is 1. The minimum absolute atomic E-state index is 0.165. The van der Waals surface area contributed by atoms with Gasteiger partial charge in [-0.25, -0.2) is 0 Å². The quantitative estimate of drug-likeness (QED) is 0.530. The monoisotopic (exact) mass is 377 g/mol. The van der Waals surface area contributed by atoms with Crippen molar-refractivity contribution in [3.63, 3.8) is 0 Å². The van der Waals surface area contributed by atoms with Gasteiger partial charge < -0.3 is 10.5 Å². The number of hydrogen-bond acceptors (Lipinski definition) is 4. The molecular weight excluding hydrogens is 338 g/mol. The Morgan fingerprint density at radius 3 is 2.04 bits per heavy atom. The largest absolute Gasteiger partial charge is 0.378 e. The number of nitrogens with two attached hydrogens (primary N) is 1. The molecule has 0 aromatic rings. The van der Waals surface area contributed by atoms with Crippen LogP contribution in [0.4, 0.5) is 0 Å². The summed E-state index contributed by atoms with van der Waals surface area (Å²) >= 11 is 0. The van der Waals surface area contributed by atoms with Crippen LogP contribution in [-0.4, -0.2) is 62.5 Å². The maximum atomic E-state index is 13.1. The number of piperidine rings is 1. The van der Waals surface area contributed by atoms with Gasteiger partial charge in [0.05, 0.1) is 6.10 Å². The van der Waals surface area contributed by atoms with Crippen LogP contribution in [0.15, 0.2) is 0 Å². The average Bonchev–Trinajstić information content (AvgIpc) is 2.54. The van der Waals surface area contributed by atoms with Crippen molar-refractivity contribution in [2.45, 2.75) is 65.9 Å². The standard InChI is InChI=1S/C18H39N3O3S/c1-16(2)6-11-20(12-7-17(3)4)25(22,23)21-13-8-18(9-14-21)24-15-5-10-19/h16-18H,5-15,19H2,1-4H3. The van der Waals surface area contributed by atoms with Crippen LogP contribution in [-0.2, 0) is 14.9 Å². The van der Waals surface area contributed by atoms with Crippen LogP contribution < -0.4 is 5.73 Å². The van der Waals surface area contributed by atoms with Gasteiger partial charge in [-0.05, 0) is 50.5 Å². The number of nitrogens with zero attached hydrogens (tertiary/aromatic N) is 2. The number of ether oxygens (including phenoxy) is 1. The molecule has 7 heteroatoms. The topological polar surface area (TPSA) is 75.9 Å². The Labute approximate surface area is 155 Å². The molecular formula is C18H39N3O3S. The highest BCUT2D eigenvalue weighted by Gasteiger charge is 2.33. The molecule has 2 N–H and O–H groups in total. The minimum Gasteiger partial charge on any atom is -0.378 e. The Balaban J connectivity index is 2.61. The van der Waals surface area contributed by atoms with Crippen molar-refractivity contribution in [1.82, 2.24) is 8.61 Å². The Bertz CT molecular complexity index is 434. The van der Waals surface area contributed by atoms with Crippen molar-refractivity contribution in [2.75, 3.05) is 39.3 Å². The van der Waals surface area contributed by atoms with Crippen molar-refractivity contribution >= 4 is 10.2 Å². The lowest BCUT2D eigenvalue weighted by atomic mass is 10.1. The minimum atomic E-state index is -3.37. The van der Waals surface area contributed by atoms with Crippen LogP contribution in [0.1, 0.15) is 59.8 Å². The third-order valence-corrected chi connectivity index (χ3v) is 6.70. The lowest BCUT2D eigenvalue weighted by Gasteiger charge is -2.35. The van der Waals surface area contributed by atoms with E-state index in [0.29, 0.717) is 51.2 Å². The predicted molar refractivity (Wildman–Crippen MR) is 104 cm³/mol. The maximum Gasteiger partial charge on any atom is 0.281 e. The van der Waals surface area contributed by atoms with Crippen molar-refractivity contribution in [1.29, 1.82) is 0 Å². The molecule has 0 aromatic carbocycles. The Morgan fingerprint density at radius 1 is 1.08 bits per heavy atom. The maximum absolute atomic E-state index is 13.1. The summed E-state index contributed by atoms with van der Waals surface area (Å²) in [5.41, 5.74) is 5.48. The summed E-state index contributed by atoms with van der Waals surface area (Å²) in [6.45, 7) is 12.2. The van der Waals surface area contributed by atoms with Gasteiger partial charge >= 0.3 is 0 Å². The third kappa shape index (κ3) is 8.35. The van der Waals surface area contributed by atoms with Gasteiger partial charge in [0.25, 0.3) is 10.2 Å². The lowest BCUT2D eigenvalue weighted by Crippen LogP contribution is -2.49. The molecule has 0 atom stereocenters. The van der Waals surface area contributed by atoms with Crippen molar-refractivity contribution < 1.29 is 13.2 Å². The van der Waals surface area contributed by atoms with Gasteiger partial charge in [0.1, 0.15) is 0 Å². The second-order valence-corrected chi connectivity index (χ2v) is 9.81. The molecule has 1 heterocycles. The molecule has 0 aromatic heterocycles. The molecule has 1 rings (SSSR count). The van der Waals surface area contributed by atoms with Crippen LogP contribution >= 0.6 is 0 Å². The fourth-order valence-electron chi connectivity index (χ4n) is 2.87. The van der Waals surface area contributed by atoms with Crippen molar-refractivity contribution in [3.05, 3.63) is 0 Å². The van der Waals surface area contributed by atoms with Crippen LogP contribution in [0.2, 0.25) is 0 Å². The van der Waals surface area contributed by atoms with E-state index in [1.54, 1.807) is 8.61 Å². The summed E-state index contributed by atoms with van der Waals surface area (Å²) in [7, 11) is -3.37. The van der Waals surface area contributed by atoms with E-state index in [1.165, 1.54) is 0 Å². The molecule has 150 valence electrons. The van der Waals surface area contributed by atoms with Crippen LogP contribution in [0.3, 0.4) is 0 Å². The van der Waals surface area contributed by atoms with E-state index < -0.39 is 10.2 Å². The summed E-state index contributed by atoms with van der Waals surface area (Å²) < 4.78 is 35.3. The van der Waals surface area contributed by atoms with Gasteiger partial charge in [-0.15, -0.1) is 0 Å².